The lowest BCUT2D eigenvalue weighted by Crippen LogP contribution is -2.50. The highest BCUT2D eigenvalue weighted by molar-refractivity contribution is 6.31. The van der Waals surface area contributed by atoms with Gasteiger partial charge in [-0.25, -0.2) is 4.79 Å². The van der Waals surface area contributed by atoms with Crippen LogP contribution in [-0.2, 0) is 0 Å². The third-order valence-electron chi connectivity index (χ3n) is 4.17. The van der Waals surface area contributed by atoms with Gasteiger partial charge in [0.2, 0.25) is 0 Å². The number of halogens is 1. The molecule has 0 radical (unpaired) electrons. The Morgan fingerprint density at radius 1 is 1.00 bits per heavy atom. The number of hydrogen-bond donors (Lipinski definition) is 1. The molecular formula is C18H20ClN3O. The van der Waals surface area contributed by atoms with Gasteiger partial charge in [0.05, 0.1) is 0 Å². The summed E-state index contributed by atoms with van der Waals surface area (Å²) in [5, 5.41) is 3.72. The van der Waals surface area contributed by atoms with Crippen molar-refractivity contribution in [2.45, 2.75) is 6.92 Å². The predicted octanol–water partition coefficient (Wildman–Crippen LogP) is 4.00. The summed E-state index contributed by atoms with van der Waals surface area (Å²) < 4.78 is 0. The summed E-state index contributed by atoms with van der Waals surface area (Å²) in [6.45, 7) is 5.05. The molecule has 120 valence electrons. The topological polar surface area (TPSA) is 35.6 Å². The third kappa shape index (κ3) is 3.59. The zero-order valence-electron chi connectivity index (χ0n) is 13.1. The van der Waals surface area contributed by atoms with Crippen LogP contribution in [0.25, 0.3) is 0 Å². The van der Waals surface area contributed by atoms with Gasteiger partial charge in [0.25, 0.3) is 0 Å². The largest absolute Gasteiger partial charge is 0.368 e. The molecule has 1 N–H and O–H groups in total. The molecular weight excluding hydrogens is 310 g/mol. The average Bonchev–Trinajstić information content (AvgIpc) is 2.58. The van der Waals surface area contributed by atoms with E-state index in [-0.39, 0.29) is 6.03 Å². The van der Waals surface area contributed by atoms with Gasteiger partial charge in [-0.3, -0.25) is 0 Å². The van der Waals surface area contributed by atoms with E-state index in [1.54, 1.807) is 0 Å². The summed E-state index contributed by atoms with van der Waals surface area (Å²) in [6.07, 6.45) is 0. The van der Waals surface area contributed by atoms with Crippen LogP contribution in [0, 0.1) is 6.92 Å². The van der Waals surface area contributed by atoms with E-state index in [1.807, 2.05) is 54.3 Å². The van der Waals surface area contributed by atoms with Crippen LogP contribution in [0.15, 0.2) is 48.5 Å². The number of amides is 2. The number of carbonyl (C=O) groups is 1. The van der Waals surface area contributed by atoms with Gasteiger partial charge in [-0.1, -0.05) is 35.9 Å². The van der Waals surface area contributed by atoms with Gasteiger partial charge in [-0.2, -0.15) is 0 Å². The molecule has 4 nitrogen and oxygen atoms in total. The monoisotopic (exact) mass is 329 g/mol. The van der Waals surface area contributed by atoms with Crippen molar-refractivity contribution in [2.24, 2.45) is 0 Å². The Kier molecular flexibility index (Phi) is 4.72. The second-order valence-corrected chi connectivity index (χ2v) is 6.06. The standard InChI is InChI=1S/C18H20ClN3O/c1-14-16(19)8-5-9-17(14)21-10-12-22(13-11-21)18(23)20-15-6-3-2-4-7-15/h2-9H,10-13H2,1H3,(H,20,23). The van der Waals surface area contributed by atoms with Crippen LogP contribution < -0.4 is 10.2 Å². The molecule has 0 atom stereocenters. The van der Waals surface area contributed by atoms with Gasteiger partial charge in [0.1, 0.15) is 0 Å². The molecule has 2 amide bonds. The van der Waals surface area contributed by atoms with Gasteiger partial charge < -0.3 is 15.1 Å². The Balaban J connectivity index is 1.60. The summed E-state index contributed by atoms with van der Waals surface area (Å²) in [6, 6.07) is 15.5. The number of para-hydroxylation sites is 1. The number of carbonyl (C=O) groups excluding carboxylic acids is 1. The average molecular weight is 330 g/mol. The lowest BCUT2D eigenvalue weighted by Gasteiger charge is -2.36. The van der Waals surface area contributed by atoms with Crippen LogP contribution in [0.5, 0.6) is 0 Å². The first-order valence-corrected chi connectivity index (χ1v) is 8.14. The number of benzene rings is 2. The molecule has 1 aliphatic rings. The van der Waals surface area contributed by atoms with Crippen LogP contribution in [0.4, 0.5) is 16.2 Å². The molecule has 0 saturated carbocycles. The molecule has 0 aromatic heterocycles. The first kappa shape index (κ1) is 15.7. The lowest BCUT2D eigenvalue weighted by atomic mass is 10.1. The lowest BCUT2D eigenvalue weighted by molar-refractivity contribution is 0.208. The highest BCUT2D eigenvalue weighted by atomic mass is 35.5. The van der Waals surface area contributed by atoms with Crippen molar-refractivity contribution in [3.63, 3.8) is 0 Å². The molecule has 0 unspecified atom stereocenters. The maximum absolute atomic E-state index is 12.3. The van der Waals surface area contributed by atoms with E-state index in [9.17, 15) is 4.79 Å². The minimum absolute atomic E-state index is 0.0429. The first-order chi connectivity index (χ1) is 11.1. The summed E-state index contributed by atoms with van der Waals surface area (Å²) in [7, 11) is 0. The van der Waals surface area contributed by atoms with Crippen LogP contribution in [0.3, 0.4) is 0 Å². The molecule has 23 heavy (non-hydrogen) atoms. The maximum atomic E-state index is 12.3. The highest BCUT2D eigenvalue weighted by Crippen LogP contribution is 2.27. The van der Waals surface area contributed by atoms with Crippen molar-refractivity contribution in [2.75, 3.05) is 36.4 Å². The second-order valence-electron chi connectivity index (χ2n) is 5.65. The van der Waals surface area contributed by atoms with Crippen molar-refractivity contribution >= 4 is 29.0 Å². The molecule has 2 aromatic rings. The fraction of sp³-hybridized carbons (Fsp3) is 0.278. The number of rotatable bonds is 2. The number of nitrogens with zero attached hydrogens (tertiary/aromatic N) is 2. The number of urea groups is 1. The molecule has 2 aromatic carbocycles. The van der Waals surface area contributed by atoms with Crippen molar-refractivity contribution in [3.05, 3.63) is 59.1 Å². The molecule has 1 saturated heterocycles. The van der Waals surface area contributed by atoms with E-state index in [4.69, 9.17) is 11.6 Å². The predicted molar refractivity (Wildman–Crippen MR) is 95.4 cm³/mol. The summed E-state index contributed by atoms with van der Waals surface area (Å²) >= 11 is 6.20. The quantitative estimate of drug-likeness (QED) is 0.903. The summed E-state index contributed by atoms with van der Waals surface area (Å²) in [5.74, 6) is 0. The van der Waals surface area contributed by atoms with E-state index in [2.05, 4.69) is 16.3 Å². The Labute approximate surface area is 141 Å². The molecule has 0 bridgehead atoms. The van der Waals surface area contributed by atoms with Crippen LogP contribution in [-0.4, -0.2) is 37.1 Å². The third-order valence-corrected chi connectivity index (χ3v) is 4.58. The summed E-state index contributed by atoms with van der Waals surface area (Å²) in [4.78, 5) is 16.4. The van der Waals surface area contributed by atoms with Gasteiger partial charge >= 0.3 is 6.03 Å². The van der Waals surface area contributed by atoms with E-state index in [1.165, 1.54) is 0 Å². The van der Waals surface area contributed by atoms with Crippen molar-refractivity contribution < 1.29 is 4.79 Å². The molecule has 1 aliphatic heterocycles. The van der Waals surface area contributed by atoms with Gasteiger partial charge in [-0.15, -0.1) is 0 Å². The highest BCUT2D eigenvalue weighted by Gasteiger charge is 2.22. The van der Waals surface area contributed by atoms with Crippen molar-refractivity contribution in [3.8, 4) is 0 Å². The van der Waals surface area contributed by atoms with Crippen LogP contribution >= 0.6 is 11.6 Å². The Hall–Kier alpha value is -2.20. The Morgan fingerprint density at radius 2 is 1.70 bits per heavy atom. The molecule has 0 aliphatic carbocycles. The molecule has 1 fully saturated rings. The molecule has 1 heterocycles. The smallest absolute Gasteiger partial charge is 0.321 e. The number of nitrogens with one attached hydrogen (secondary N) is 1. The van der Waals surface area contributed by atoms with Gasteiger partial charge in [0, 0.05) is 42.6 Å². The van der Waals surface area contributed by atoms with E-state index >= 15 is 0 Å². The maximum Gasteiger partial charge on any atom is 0.321 e. The zero-order valence-corrected chi connectivity index (χ0v) is 13.9. The number of hydrogen-bond acceptors (Lipinski definition) is 2. The molecule has 5 heteroatoms. The van der Waals surface area contributed by atoms with Crippen molar-refractivity contribution in [1.29, 1.82) is 0 Å². The fourth-order valence-electron chi connectivity index (χ4n) is 2.81. The van der Waals surface area contributed by atoms with Crippen LogP contribution in [0.1, 0.15) is 5.56 Å². The van der Waals surface area contributed by atoms with Gasteiger partial charge in [-0.05, 0) is 36.8 Å². The Bertz CT molecular complexity index is 682. The minimum atomic E-state index is -0.0429. The van der Waals surface area contributed by atoms with Gasteiger partial charge in [0.15, 0.2) is 0 Å². The SMILES string of the molecule is Cc1c(Cl)cccc1N1CCN(C(=O)Nc2ccccc2)CC1. The van der Waals surface area contributed by atoms with Crippen LogP contribution in [0.2, 0.25) is 5.02 Å². The normalized spacial score (nSPS) is 14.7. The fourth-order valence-corrected chi connectivity index (χ4v) is 2.98. The van der Waals surface area contributed by atoms with E-state index in [0.29, 0.717) is 13.1 Å². The minimum Gasteiger partial charge on any atom is -0.368 e. The van der Waals surface area contributed by atoms with Crippen molar-refractivity contribution in [1.82, 2.24) is 4.90 Å². The zero-order chi connectivity index (χ0) is 16.2. The van der Waals surface area contributed by atoms with E-state index < -0.39 is 0 Å². The molecule has 3 rings (SSSR count). The second kappa shape index (κ2) is 6.92. The Morgan fingerprint density at radius 3 is 2.39 bits per heavy atom. The molecule has 0 spiro atoms. The number of anilines is 2. The number of piperazine rings is 1. The van der Waals surface area contributed by atoms with E-state index in [0.717, 1.165) is 35.1 Å². The first-order valence-electron chi connectivity index (χ1n) is 7.76. The summed E-state index contributed by atoms with van der Waals surface area (Å²) in [5.41, 5.74) is 3.07.